The molecule has 2 N–H and O–H groups in total. The molecule has 3 aliphatic carbocycles. The number of hydrogen-bond acceptors (Lipinski definition) is 11. The zero-order valence-electron chi connectivity index (χ0n) is 24.0. The van der Waals surface area contributed by atoms with Gasteiger partial charge in [-0.25, -0.2) is 4.79 Å². The minimum Gasteiger partial charge on any atom is -0.459 e. The van der Waals surface area contributed by atoms with E-state index in [0.29, 0.717) is 12.8 Å². The lowest BCUT2D eigenvalue weighted by Gasteiger charge is -2.68. The van der Waals surface area contributed by atoms with E-state index in [-0.39, 0.29) is 12.5 Å². The Balaban J connectivity index is 1.71. The molecule has 40 heavy (non-hydrogen) atoms. The van der Waals surface area contributed by atoms with Gasteiger partial charge in [-0.1, -0.05) is 26.3 Å². The Hall–Kier alpha value is -2.50. The zero-order valence-corrected chi connectivity index (χ0v) is 24.0. The Morgan fingerprint density at radius 1 is 1.10 bits per heavy atom. The number of rotatable bonds is 5. The van der Waals surface area contributed by atoms with Gasteiger partial charge in [0.1, 0.15) is 23.9 Å². The van der Waals surface area contributed by atoms with Gasteiger partial charge < -0.3 is 33.9 Å². The maximum atomic E-state index is 13.6. The van der Waals surface area contributed by atoms with Gasteiger partial charge >= 0.3 is 23.9 Å². The molecule has 13 atom stereocenters. The van der Waals surface area contributed by atoms with Crippen LogP contribution in [0.5, 0.6) is 0 Å². The third-order valence-corrected chi connectivity index (χ3v) is 10.7. The molecule has 5 rings (SSSR count). The standard InChI is InChI=1S/C29H40O11/c1-8-12(2)25(34)40-20-22-28(7)24(38-15(5)31)19(32)21-27(6)16(13(3)9-17(23(27)33)37-14(4)30)10-18(39-26(20)35)29(21,22)11-36-28/h9,12,16-24,32-33H,8,10-11H2,1-7H3/t12?,16-,17-,18+,19+,20+,21+,22-,23+,24+,27-,28-,29+/m0/s1. The predicted molar refractivity (Wildman–Crippen MR) is 136 cm³/mol. The Labute approximate surface area is 233 Å². The van der Waals surface area contributed by atoms with E-state index in [9.17, 15) is 29.4 Å². The zero-order chi connectivity index (χ0) is 29.5. The third kappa shape index (κ3) is 3.73. The van der Waals surface area contributed by atoms with Crippen molar-refractivity contribution in [3.05, 3.63) is 11.6 Å². The van der Waals surface area contributed by atoms with Crippen LogP contribution in [0.15, 0.2) is 11.6 Å². The highest BCUT2D eigenvalue weighted by Gasteiger charge is 2.83. The number of hydrogen-bond donors (Lipinski definition) is 2. The maximum Gasteiger partial charge on any atom is 0.348 e. The second-order valence-corrected chi connectivity index (χ2v) is 12.7. The first kappa shape index (κ1) is 29.0. The van der Waals surface area contributed by atoms with Crippen LogP contribution in [-0.4, -0.2) is 82.9 Å². The summed E-state index contributed by atoms with van der Waals surface area (Å²) in [5, 5.41) is 24.0. The van der Waals surface area contributed by atoms with Gasteiger partial charge in [-0.05, 0) is 38.7 Å². The Bertz CT molecular complexity index is 1150. The smallest absolute Gasteiger partial charge is 0.348 e. The van der Waals surface area contributed by atoms with E-state index in [1.807, 2.05) is 20.8 Å². The monoisotopic (exact) mass is 564 g/mol. The molecule has 2 bridgehead atoms. The number of ether oxygens (including phenoxy) is 5. The topological polar surface area (TPSA) is 155 Å². The molecule has 2 saturated carbocycles. The minimum atomic E-state index is -1.40. The van der Waals surface area contributed by atoms with Gasteiger partial charge in [0.2, 0.25) is 6.10 Å². The first-order chi connectivity index (χ1) is 18.6. The van der Waals surface area contributed by atoms with Crippen molar-refractivity contribution in [1.29, 1.82) is 0 Å². The van der Waals surface area contributed by atoms with Gasteiger partial charge in [0.25, 0.3) is 0 Å². The van der Waals surface area contributed by atoms with Crippen molar-refractivity contribution in [2.24, 2.45) is 34.5 Å². The van der Waals surface area contributed by atoms with Crippen LogP contribution in [0, 0.1) is 34.5 Å². The van der Waals surface area contributed by atoms with Crippen LogP contribution in [0.25, 0.3) is 0 Å². The number of aliphatic hydroxyl groups is 2. The van der Waals surface area contributed by atoms with Gasteiger partial charge in [0.05, 0.1) is 24.5 Å². The van der Waals surface area contributed by atoms with E-state index in [1.54, 1.807) is 19.9 Å². The molecule has 2 aliphatic heterocycles. The molecule has 0 radical (unpaired) electrons. The molecule has 2 saturated heterocycles. The molecule has 1 unspecified atom stereocenters. The van der Waals surface area contributed by atoms with E-state index in [4.69, 9.17) is 23.7 Å². The summed E-state index contributed by atoms with van der Waals surface area (Å²) in [6.45, 7) is 11.4. The van der Waals surface area contributed by atoms with Crippen molar-refractivity contribution in [2.45, 2.75) is 104 Å². The van der Waals surface area contributed by atoms with E-state index in [0.717, 1.165) is 5.57 Å². The van der Waals surface area contributed by atoms with Gasteiger partial charge in [0, 0.05) is 30.6 Å². The lowest BCUT2D eigenvalue weighted by Crippen LogP contribution is -2.79. The van der Waals surface area contributed by atoms with E-state index in [1.165, 1.54) is 13.8 Å². The van der Waals surface area contributed by atoms with Gasteiger partial charge in [-0.2, -0.15) is 0 Å². The van der Waals surface area contributed by atoms with Gasteiger partial charge in [-0.3, -0.25) is 14.4 Å². The maximum absolute atomic E-state index is 13.6. The van der Waals surface area contributed by atoms with Crippen molar-refractivity contribution in [1.82, 2.24) is 0 Å². The van der Waals surface area contributed by atoms with Crippen LogP contribution >= 0.6 is 0 Å². The summed E-state index contributed by atoms with van der Waals surface area (Å²) in [5.41, 5.74) is -2.81. The molecular formula is C29H40O11. The molecule has 5 aliphatic rings. The fourth-order valence-corrected chi connectivity index (χ4v) is 8.86. The normalized spacial score (nSPS) is 47.6. The average Bonchev–Trinajstić information content (AvgIpc) is 3.13. The minimum absolute atomic E-state index is 0.0129. The molecule has 0 aromatic rings. The Kier molecular flexibility index (Phi) is 6.91. The molecule has 11 nitrogen and oxygen atoms in total. The fourth-order valence-electron chi connectivity index (χ4n) is 8.86. The SMILES string of the molecule is CCC(C)C(=O)O[C@H]1C(=O)O[C@@H]2C[C@H]3C(C)=C[C@H](OC(C)=O)[C@@H](O)[C@]3(C)[C@H]3[C@@H](O)[C@@H](OC(C)=O)[C@@]4(C)OC[C@]32[C@@H]14. The second-order valence-electron chi connectivity index (χ2n) is 12.7. The molecule has 0 aromatic heterocycles. The molecule has 2 heterocycles. The van der Waals surface area contributed by atoms with Crippen molar-refractivity contribution in [3.63, 3.8) is 0 Å². The van der Waals surface area contributed by atoms with Crippen LogP contribution in [0.3, 0.4) is 0 Å². The summed E-state index contributed by atoms with van der Waals surface area (Å²) in [6.07, 6.45) is -4.41. The number of carbonyl (C=O) groups is 4. The first-order valence-electron chi connectivity index (χ1n) is 14.1. The highest BCUT2D eigenvalue weighted by atomic mass is 16.6. The number of fused-ring (bicyclic) bond motifs is 2. The lowest BCUT2D eigenvalue weighted by atomic mass is 9.38. The van der Waals surface area contributed by atoms with Crippen molar-refractivity contribution < 1.29 is 53.1 Å². The molecule has 0 amide bonds. The van der Waals surface area contributed by atoms with Gasteiger partial charge in [0.15, 0.2) is 6.10 Å². The fraction of sp³-hybridized carbons (Fsp3) is 0.793. The number of aliphatic hydroxyl groups excluding tert-OH is 2. The summed E-state index contributed by atoms with van der Waals surface area (Å²) in [5.74, 6) is -5.07. The summed E-state index contributed by atoms with van der Waals surface area (Å²) in [6, 6.07) is 0. The van der Waals surface area contributed by atoms with Gasteiger partial charge in [-0.15, -0.1) is 0 Å². The van der Waals surface area contributed by atoms with E-state index in [2.05, 4.69) is 0 Å². The predicted octanol–water partition coefficient (Wildman–Crippen LogP) is 1.46. The largest absolute Gasteiger partial charge is 0.459 e. The van der Waals surface area contributed by atoms with Crippen LogP contribution in [0.4, 0.5) is 0 Å². The van der Waals surface area contributed by atoms with E-state index < -0.39 is 94.7 Å². The summed E-state index contributed by atoms with van der Waals surface area (Å²) >= 11 is 0. The lowest BCUT2D eigenvalue weighted by molar-refractivity contribution is -0.305. The van der Waals surface area contributed by atoms with Crippen LogP contribution in [0.2, 0.25) is 0 Å². The summed E-state index contributed by atoms with van der Waals surface area (Å²) < 4.78 is 29.5. The summed E-state index contributed by atoms with van der Waals surface area (Å²) in [4.78, 5) is 50.8. The highest BCUT2D eigenvalue weighted by Crippen LogP contribution is 2.73. The highest BCUT2D eigenvalue weighted by molar-refractivity contribution is 5.82. The Morgan fingerprint density at radius 2 is 1.75 bits per heavy atom. The van der Waals surface area contributed by atoms with Crippen molar-refractivity contribution in [2.75, 3.05) is 6.61 Å². The molecular weight excluding hydrogens is 524 g/mol. The van der Waals surface area contributed by atoms with Crippen molar-refractivity contribution >= 4 is 23.9 Å². The first-order valence-corrected chi connectivity index (χ1v) is 14.1. The second kappa shape index (κ2) is 9.52. The molecule has 11 heteroatoms. The van der Waals surface area contributed by atoms with Crippen molar-refractivity contribution in [3.8, 4) is 0 Å². The summed E-state index contributed by atoms with van der Waals surface area (Å²) in [7, 11) is 0. The third-order valence-electron chi connectivity index (χ3n) is 10.7. The molecule has 0 aromatic carbocycles. The van der Waals surface area contributed by atoms with Crippen LogP contribution < -0.4 is 0 Å². The Morgan fingerprint density at radius 3 is 2.35 bits per heavy atom. The number of esters is 4. The number of carbonyl (C=O) groups excluding carboxylic acids is 4. The molecule has 1 spiro atoms. The van der Waals surface area contributed by atoms with Crippen LogP contribution in [0.1, 0.15) is 61.3 Å². The average molecular weight is 565 g/mol. The van der Waals surface area contributed by atoms with Crippen LogP contribution in [-0.2, 0) is 42.9 Å². The van der Waals surface area contributed by atoms with E-state index >= 15 is 0 Å². The quantitative estimate of drug-likeness (QED) is 0.283. The molecule has 4 fully saturated rings. The number of allylic oxidation sites excluding steroid dienone is 1. The molecule has 222 valence electrons.